The summed E-state index contributed by atoms with van der Waals surface area (Å²) in [6.07, 6.45) is 0. The van der Waals surface area contributed by atoms with Crippen molar-refractivity contribution in [2.24, 2.45) is 0 Å². The van der Waals surface area contributed by atoms with Gasteiger partial charge in [-0.3, -0.25) is 4.72 Å². The Bertz CT molecular complexity index is 556. The second-order valence-electron chi connectivity index (χ2n) is 3.83. The largest absolute Gasteiger partial charge is 0.478 e. The third-order valence-electron chi connectivity index (χ3n) is 2.32. The molecular weight excluding hydrogens is 272 g/mol. The van der Waals surface area contributed by atoms with E-state index in [0.717, 1.165) is 0 Å². The molecule has 0 amide bonds. The van der Waals surface area contributed by atoms with E-state index < -0.39 is 16.2 Å². The number of aromatic carboxylic acids is 1. The molecule has 1 aromatic carbocycles. The first kappa shape index (κ1) is 15.4. The summed E-state index contributed by atoms with van der Waals surface area (Å²) in [6, 6.07) is 4.31. The van der Waals surface area contributed by atoms with Gasteiger partial charge in [-0.15, -0.1) is 0 Å². The highest BCUT2D eigenvalue weighted by Crippen LogP contribution is 2.16. The number of methoxy groups -OCH3 is 1. The Morgan fingerprint density at radius 1 is 1.42 bits per heavy atom. The first-order valence-corrected chi connectivity index (χ1v) is 6.94. The predicted octanol–water partition coefficient (Wildman–Crippen LogP) is 0.586. The van der Waals surface area contributed by atoms with Crippen molar-refractivity contribution in [1.29, 1.82) is 0 Å². The van der Waals surface area contributed by atoms with Crippen molar-refractivity contribution in [3.05, 3.63) is 29.3 Å². The van der Waals surface area contributed by atoms with Gasteiger partial charge in [0.25, 0.3) is 10.2 Å². The Labute approximate surface area is 111 Å². The Morgan fingerprint density at radius 3 is 2.68 bits per heavy atom. The summed E-state index contributed by atoms with van der Waals surface area (Å²) in [5, 5.41) is 8.95. The summed E-state index contributed by atoms with van der Waals surface area (Å²) in [5.41, 5.74) is 0.799. The van der Waals surface area contributed by atoms with Gasteiger partial charge in [0.1, 0.15) is 0 Å². The molecule has 3 N–H and O–H groups in total. The lowest BCUT2D eigenvalue weighted by molar-refractivity contribution is 0.0696. The van der Waals surface area contributed by atoms with Crippen molar-refractivity contribution in [2.75, 3.05) is 25.0 Å². The van der Waals surface area contributed by atoms with Crippen LogP contribution in [-0.2, 0) is 14.9 Å². The van der Waals surface area contributed by atoms with Crippen molar-refractivity contribution in [1.82, 2.24) is 4.72 Å². The second kappa shape index (κ2) is 6.50. The van der Waals surface area contributed by atoms with Crippen molar-refractivity contribution in [3.8, 4) is 0 Å². The van der Waals surface area contributed by atoms with Crippen LogP contribution in [0.2, 0.25) is 0 Å². The zero-order chi connectivity index (χ0) is 14.5. The second-order valence-corrected chi connectivity index (χ2v) is 5.33. The van der Waals surface area contributed by atoms with E-state index in [0.29, 0.717) is 5.56 Å². The number of aryl methyl sites for hydroxylation is 1. The Kier molecular flexibility index (Phi) is 5.28. The molecule has 0 aliphatic heterocycles. The molecule has 0 aliphatic carbocycles. The number of ether oxygens (including phenoxy) is 1. The van der Waals surface area contributed by atoms with Crippen LogP contribution in [0.15, 0.2) is 18.2 Å². The topological polar surface area (TPSA) is 105 Å². The molecule has 0 radical (unpaired) electrons. The van der Waals surface area contributed by atoms with E-state index in [9.17, 15) is 13.2 Å². The minimum Gasteiger partial charge on any atom is -0.478 e. The predicted molar refractivity (Wildman–Crippen MR) is 70.6 cm³/mol. The molecule has 1 rings (SSSR count). The third kappa shape index (κ3) is 4.86. The number of hydrogen-bond acceptors (Lipinski definition) is 4. The van der Waals surface area contributed by atoms with Crippen LogP contribution in [0.5, 0.6) is 0 Å². The number of carboxylic acids is 1. The number of nitrogens with one attached hydrogen (secondary N) is 2. The SMILES string of the molecule is COCCNS(=O)(=O)Nc1ccc(C)c(C(=O)O)c1. The molecule has 19 heavy (non-hydrogen) atoms. The highest BCUT2D eigenvalue weighted by molar-refractivity contribution is 7.90. The van der Waals surface area contributed by atoms with E-state index in [1.165, 1.54) is 25.3 Å². The summed E-state index contributed by atoms with van der Waals surface area (Å²) in [7, 11) is -2.28. The van der Waals surface area contributed by atoms with E-state index >= 15 is 0 Å². The third-order valence-corrected chi connectivity index (χ3v) is 3.41. The Balaban J connectivity index is 2.82. The molecule has 7 nitrogen and oxygen atoms in total. The Morgan fingerprint density at radius 2 is 2.11 bits per heavy atom. The summed E-state index contributed by atoms with van der Waals surface area (Å²) in [4.78, 5) is 10.9. The molecule has 1 aromatic rings. The van der Waals surface area contributed by atoms with Crippen LogP contribution in [-0.4, -0.2) is 39.8 Å². The number of benzene rings is 1. The molecule has 0 saturated carbocycles. The molecule has 0 aromatic heterocycles. The minimum absolute atomic E-state index is 0.0529. The summed E-state index contributed by atoms with van der Waals surface area (Å²) in [5.74, 6) is -1.11. The molecule has 0 bridgehead atoms. The lowest BCUT2D eigenvalue weighted by Gasteiger charge is -2.10. The Hall–Kier alpha value is -1.64. The molecule has 0 heterocycles. The van der Waals surface area contributed by atoms with Gasteiger partial charge < -0.3 is 9.84 Å². The van der Waals surface area contributed by atoms with Gasteiger partial charge in [-0.25, -0.2) is 4.79 Å². The van der Waals surface area contributed by atoms with Gasteiger partial charge >= 0.3 is 5.97 Å². The summed E-state index contributed by atoms with van der Waals surface area (Å²) in [6.45, 7) is 2.01. The van der Waals surface area contributed by atoms with E-state index in [1.807, 2.05) is 0 Å². The van der Waals surface area contributed by atoms with Crippen LogP contribution >= 0.6 is 0 Å². The fourth-order valence-electron chi connectivity index (χ4n) is 1.39. The molecule has 0 unspecified atom stereocenters. The van der Waals surface area contributed by atoms with Gasteiger partial charge in [0.2, 0.25) is 0 Å². The van der Waals surface area contributed by atoms with Gasteiger partial charge in [0.05, 0.1) is 17.9 Å². The lowest BCUT2D eigenvalue weighted by atomic mass is 10.1. The zero-order valence-electron chi connectivity index (χ0n) is 10.6. The molecule has 8 heteroatoms. The van der Waals surface area contributed by atoms with Crippen LogP contribution in [0.25, 0.3) is 0 Å². The van der Waals surface area contributed by atoms with Gasteiger partial charge in [0.15, 0.2) is 0 Å². The molecule has 106 valence electrons. The van der Waals surface area contributed by atoms with Gasteiger partial charge in [0, 0.05) is 13.7 Å². The van der Waals surface area contributed by atoms with Crippen LogP contribution in [0, 0.1) is 6.92 Å². The zero-order valence-corrected chi connectivity index (χ0v) is 11.5. The fraction of sp³-hybridized carbons (Fsp3) is 0.364. The van der Waals surface area contributed by atoms with Crippen molar-refractivity contribution in [2.45, 2.75) is 6.92 Å². The highest BCUT2D eigenvalue weighted by Gasteiger charge is 2.12. The number of hydrogen-bond donors (Lipinski definition) is 3. The monoisotopic (exact) mass is 288 g/mol. The highest BCUT2D eigenvalue weighted by atomic mass is 32.2. The van der Waals surface area contributed by atoms with Crippen molar-refractivity contribution in [3.63, 3.8) is 0 Å². The van der Waals surface area contributed by atoms with E-state index in [4.69, 9.17) is 9.84 Å². The summed E-state index contributed by atoms with van der Waals surface area (Å²) >= 11 is 0. The molecule has 0 fully saturated rings. The fourth-order valence-corrected chi connectivity index (χ4v) is 2.25. The average molecular weight is 288 g/mol. The van der Waals surface area contributed by atoms with Gasteiger partial charge in [-0.2, -0.15) is 13.1 Å². The van der Waals surface area contributed by atoms with Crippen LogP contribution in [0.4, 0.5) is 5.69 Å². The van der Waals surface area contributed by atoms with E-state index in [-0.39, 0.29) is 24.4 Å². The van der Waals surface area contributed by atoms with Crippen molar-refractivity contribution < 1.29 is 23.1 Å². The number of rotatable bonds is 7. The molecule has 0 atom stereocenters. The van der Waals surface area contributed by atoms with Crippen LogP contribution < -0.4 is 9.44 Å². The van der Waals surface area contributed by atoms with Crippen LogP contribution in [0.1, 0.15) is 15.9 Å². The standard InChI is InChI=1S/C11H16N2O5S/c1-8-3-4-9(7-10(8)11(14)15)13-19(16,17)12-5-6-18-2/h3-4,7,12-13H,5-6H2,1-2H3,(H,14,15). The van der Waals surface area contributed by atoms with E-state index in [2.05, 4.69) is 9.44 Å². The number of anilines is 1. The molecule has 0 aliphatic rings. The normalized spacial score (nSPS) is 11.3. The molecule has 0 spiro atoms. The van der Waals surface area contributed by atoms with Crippen LogP contribution in [0.3, 0.4) is 0 Å². The quantitative estimate of drug-likeness (QED) is 0.637. The minimum atomic E-state index is -3.74. The molecule has 0 saturated heterocycles. The lowest BCUT2D eigenvalue weighted by Crippen LogP contribution is -2.32. The maximum absolute atomic E-state index is 11.6. The number of carbonyl (C=O) groups is 1. The van der Waals surface area contributed by atoms with Gasteiger partial charge in [-0.05, 0) is 24.6 Å². The maximum atomic E-state index is 11.6. The maximum Gasteiger partial charge on any atom is 0.336 e. The first-order valence-electron chi connectivity index (χ1n) is 5.46. The summed E-state index contributed by atoms with van der Waals surface area (Å²) < 4.78 is 32.5. The number of carboxylic acid groups (broad SMARTS) is 1. The van der Waals surface area contributed by atoms with Crippen molar-refractivity contribution >= 4 is 21.9 Å². The smallest absolute Gasteiger partial charge is 0.336 e. The first-order chi connectivity index (χ1) is 8.85. The molecular formula is C11H16N2O5S. The van der Waals surface area contributed by atoms with Gasteiger partial charge in [-0.1, -0.05) is 6.07 Å². The van der Waals surface area contributed by atoms with E-state index in [1.54, 1.807) is 6.92 Å². The average Bonchev–Trinajstić information content (AvgIpc) is 2.31.